The van der Waals surface area contributed by atoms with E-state index in [0.717, 1.165) is 36.7 Å². The Hall–Kier alpha value is -2.63. The maximum absolute atomic E-state index is 12.8. The third kappa shape index (κ3) is 2.07. The molecule has 0 saturated carbocycles. The lowest BCUT2D eigenvalue weighted by molar-refractivity contribution is 0.255. The van der Waals surface area contributed by atoms with E-state index in [-0.39, 0.29) is 12.1 Å². The number of fused-ring (bicyclic) bond motifs is 4. The van der Waals surface area contributed by atoms with E-state index in [1.807, 2.05) is 19.1 Å². The Kier molecular flexibility index (Phi) is 2.96. The van der Waals surface area contributed by atoms with Gasteiger partial charge in [0.25, 0.3) is 0 Å². The summed E-state index contributed by atoms with van der Waals surface area (Å²) >= 11 is 0. The van der Waals surface area contributed by atoms with Crippen LogP contribution in [0.25, 0.3) is 0 Å². The number of amides is 2. The first-order valence-corrected chi connectivity index (χ1v) is 7.45. The molecular weight excluding hydrogens is 278 g/mol. The standard InChI is InChI=1S/C16H17N5O/c1-11-4-5-14-15(18-11)21(13-6-8-20(14)10-13)16(22)19-12-3-2-7-17-9-12/h2-5,7,9,13H,6,8,10H2,1H3,(H,19,22). The Bertz CT molecular complexity index is 718. The number of rotatable bonds is 1. The second-order valence-corrected chi connectivity index (χ2v) is 5.73. The number of carbonyl (C=O) groups excluding carboxylic acids is 1. The SMILES string of the molecule is Cc1ccc2c(n1)N(C(=O)Nc1cccnc1)C1CCN2C1. The number of carbonyl (C=O) groups is 1. The van der Waals surface area contributed by atoms with Gasteiger partial charge in [0.15, 0.2) is 5.82 Å². The highest BCUT2D eigenvalue weighted by Crippen LogP contribution is 2.38. The van der Waals surface area contributed by atoms with Crippen LogP contribution in [0.2, 0.25) is 0 Å². The molecule has 2 aliphatic rings. The van der Waals surface area contributed by atoms with E-state index < -0.39 is 0 Å². The molecule has 2 aliphatic heterocycles. The summed E-state index contributed by atoms with van der Waals surface area (Å²) in [6.45, 7) is 3.79. The molecule has 0 aliphatic carbocycles. The van der Waals surface area contributed by atoms with Gasteiger partial charge in [-0.3, -0.25) is 9.88 Å². The molecule has 1 saturated heterocycles. The fraction of sp³-hybridized carbons (Fsp3) is 0.312. The van der Waals surface area contributed by atoms with Crippen molar-refractivity contribution in [2.45, 2.75) is 19.4 Å². The van der Waals surface area contributed by atoms with Gasteiger partial charge in [-0.1, -0.05) is 0 Å². The Morgan fingerprint density at radius 1 is 1.36 bits per heavy atom. The number of hydrogen-bond donors (Lipinski definition) is 1. The number of aryl methyl sites for hydroxylation is 1. The van der Waals surface area contributed by atoms with Crippen molar-refractivity contribution < 1.29 is 4.79 Å². The molecule has 4 rings (SSSR count). The lowest BCUT2D eigenvalue weighted by Gasteiger charge is -2.35. The van der Waals surface area contributed by atoms with Gasteiger partial charge in [0, 0.05) is 25.0 Å². The molecule has 0 aromatic carbocycles. The van der Waals surface area contributed by atoms with Gasteiger partial charge in [-0.05, 0) is 37.6 Å². The van der Waals surface area contributed by atoms with Gasteiger partial charge >= 0.3 is 6.03 Å². The number of nitrogens with one attached hydrogen (secondary N) is 1. The molecule has 0 radical (unpaired) electrons. The first-order valence-electron chi connectivity index (χ1n) is 7.45. The maximum Gasteiger partial charge on any atom is 0.327 e. The van der Waals surface area contributed by atoms with Crippen LogP contribution in [0.3, 0.4) is 0 Å². The summed E-state index contributed by atoms with van der Waals surface area (Å²) in [5, 5.41) is 2.92. The van der Waals surface area contributed by atoms with Gasteiger partial charge in [-0.2, -0.15) is 0 Å². The summed E-state index contributed by atoms with van der Waals surface area (Å²) in [5.41, 5.74) is 2.66. The Morgan fingerprint density at radius 2 is 2.27 bits per heavy atom. The first kappa shape index (κ1) is 13.1. The lowest BCUT2D eigenvalue weighted by Crippen LogP contribution is -2.48. The zero-order valence-corrected chi connectivity index (χ0v) is 12.4. The normalized spacial score (nSPS) is 19.0. The van der Waals surface area contributed by atoms with E-state index in [0.29, 0.717) is 5.69 Å². The lowest BCUT2D eigenvalue weighted by atomic mass is 10.2. The van der Waals surface area contributed by atoms with Crippen molar-refractivity contribution in [1.82, 2.24) is 9.97 Å². The molecule has 2 amide bonds. The minimum atomic E-state index is -0.140. The number of anilines is 3. The third-order valence-corrected chi connectivity index (χ3v) is 4.22. The fourth-order valence-electron chi connectivity index (χ4n) is 3.19. The predicted molar refractivity (Wildman–Crippen MR) is 85.3 cm³/mol. The molecule has 1 atom stereocenters. The van der Waals surface area contributed by atoms with Crippen LogP contribution in [-0.4, -0.2) is 35.1 Å². The first-order chi connectivity index (χ1) is 10.7. The van der Waals surface area contributed by atoms with E-state index in [1.165, 1.54) is 0 Å². The van der Waals surface area contributed by atoms with Gasteiger partial charge in [0.2, 0.25) is 0 Å². The van der Waals surface area contributed by atoms with Gasteiger partial charge in [-0.25, -0.2) is 9.78 Å². The maximum atomic E-state index is 12.8. The van der Waals surface area contributed by atoms with Crippen LogP contribution in [0, 0.1) is 6.92 Å². The molecule has 4 heterocycles. The average Bonchev–Trinajstić information content (AvgIpc) is 2.93. The molecule has 1 N–H and O–H groups in total. The van der Waals surface area contributed by atoms with Crippen molar-refractivity contribution in [3.05, 3.63) is 42.4 Å². The van der Waals surface area contributed by atoms with Crippen LogP contribution < -0.4 is 15.1 Å². The molecule has 2 aromatic heterocycles. The summed E-state index contributed by atoms with van der Waals surface area (Å²) in [6, 6.07) is 7.73. The highest BCUT2D eigenvalue weighted by molar-refractivity contribution is 6.04. The van der Waals surface area contributed by atoms with Crippen LogP contribution in [0.4, 0.5) is 22.0 Å². The van der Waals surface area contributed by atoms with Crippen LogP contribution in [0.15, 0.2) is 36.7 Å². The third-order valence-electron chi connectivity index (χ3n) is 4.22. The molecule has 1 fully saturated rings. The van der Waals surface area contributed by atoms with E-state index in [1.54, 1.807) is 23.4 Å². The van der Waals surface area contributed by atoms with E-state index in [9.17, 15) is 4.79 Å². The van der Waals surface area contributed by atoms with Crippen LogP contribution in [0.1, 0.15) is 12.1 Å². The summed E-state index contributed by atoms with van der Waals surface area (Å²) in [6.07, 6.45) is 4.30. The zero-order chi connectivity index (χ0) is 15.1. The molecule has 6 heteroatoms. The minimum Gasteiger partial charge on any atom is -0.366 e. The predicted octanol–water partition coefficient (Wildman–Crippen LogP) is 2.42. The summed E-state index contributed by atoms with van der Waals surface area (Å²) in [5.74, 6) is 0.759. The molecule has 22 heavy (non-hydrogen) atoms. The van der Waals surface area contributed by atoms with E-state index >= 15 is 0 Å². The summed E-state index contributed by atoms with van der Waals surface area (Å²) < 4.78 is 0. The van der Waals surface area contributed by atoms with Crippen LogP contribution >= 0.6 is 0 Å². The molecule has 2 aromatic rings. The van der Waals surface area contributed by atoms with Gasteiger partial charge < -0.3 is 10.2 Å². The molecule has 6 nitrogen and oxygen atoms in total. The van der Waals surface area contributed by atoms with Gasteiger partial charge in [-0.15, -0.1) is 0 Å². The highest BCUT2D eigenvalue weighted by atomic mass is 16.2. The number of hydrogen-bond acceptors (Lipinski definition) is 4. The number of urea groups is 1. The van der Waals surface area contributed by atoms with Crippen molar-refractivity contribution in [1.29, 1.82) is 0 Å². The van der Waals surface area contributed by atoms with Gasteiger partial charge in [0.05, 0.1) is 23.6 Å². The van der Waals surface area contributed by atoms with Crippen molar-refractivity contribution in [3.8, 4) is 0 Å². The fourth-order valence-corrected chi connectivity index (χ4v) is 3.19. The van der Waals surface area contributed by atoms with Crippen LogP contribution in [-0.2, 0) is 0 Å². The Morgan fingerprint density at radius 3 is 3.09 bits per heavy atom. The number of aromatic nitrogens is 2. The van der Waals surface area contributed by atoms with E-state index in [4.69, 9.17) is 0 Å². The van der Waals surface area contributed by atoms with Crippen LogP contribution in [0.5, 0.6) is 0 Å². The largest absolute Gasteiger partial charge is 0.366 e. The van der Waals surface area contributed by atoms with Crippen molar-refractivity contribution in [3.63, 3.8) is 0 Å². The zero-order valence-electron chi connectivity index (χ0n) is 12.4. The molecule has 112 valence electrons. The minimum absolute atomic E-state index is 0.140. The second-order valence-electron chi connectivity index (χ2n) is 5.73. The van der Waals surface area contributed by atoms with Crippen molar-refractivity contribution in [2.75, 3.05) is 28.2 Å². The topological polar surface area (TPSA) is 61.4 Å². The highest BCUT2D eigenvalue weighted by Gasteiger charge is 2.40. The molecule has 2 bridgehead atoms. The Labute approximate surface area is 128 Å². The van der Waals surface area contributed by atoms with E-state index in [2.05, 4.69) is 26.3 Å². The number of pyridine rings is 2. The smallest absolute Gasteiger partial charge is 0.327 e. The number of nitrogens with zero attached hydrogens (tertiary/aromatic N) is 4. The summed E-state index contributed by atoms with van der Waals surface area (Å²) in [4.78, 5) is 25.5. The van der Waals surface area contributed by atoms with Gasteiger partial charge in [0.1, 0.15) is 0 Å². The monoisotopic (exact) mass is 295 g/mol. The van der Waals surface area contributed by atoms with Crippen molar-refractivity contribution in [2.24, 2.45) is 0 Å². The Balaban J connectivity index is 1.69. The quantitative estimate of drug-likeness (QED) is 0.877. The second kappa shape index (κ2) is 4.98. The van der Waals surface area contributed by atoms with Crippen molar-refractivity contribution >= 4 is 23.2 Å². The molecular formula is C16H17N5O. The average molecular weight is 295 g/mol. The molecule has 1 unspecified atom stereocenters. The molecule has 0 spiro atoms. The summed E-state index contributed by atoms with van der Waals surface area (Å²) in [7, 11) is 0.